The summed E-state index contributed by atoms with van der Waals surface area (Å²) < 4.78 is 6.79. The van der Waals surface area contributed by atoms with Gasteiger partial charge in [-0.3, -0.25) is 4.79 Å². The topological polar surface area (TPSA) is 58.6 Å². The molecule has 0 bridgehead atoms. The average Bonchev–Trinajstić information content (AvgIpc) is 2.58. The van der Waals surface area contributed by atoms with Gasteiger partial charge in [0, 0.05) is 15.6 Å². The van der Waals surface area contributed by atoms with Crippen LogP contribution in [0.5, 0.6) is 5.75 Å². The summed E-state index contributed by atoms with van der Waals surface area (Å²) in [5.74, 6) is 0.475. The van der Waals surface area contributed by atoms with Gasteiger partial charge in [0.2, 0.25) is 0 Å². The molecule has 2 N–H and O–H groups in total. The lowest BCUT2D eigenvalue weighted by atomic mass is 9.85. The van der Waals surface area contributed by atoms with Crippen molar-refractivity contribution in [3.8, 4) is 5.75 Å². The Labute approximate surface area is 156 Å². The van der Waals surface area contributed by atoms with Gasteiger partial charge >= 0.3 is 0 Å². The molecule has 2 aromatic rings. The van der Waals surface area contributed by atoms with Crippen LogP contribution >= 0.6 is 15.9 Å². The first-order valence-electron chi connectivity index (χ1n) is 8.38. The van der Waals surface area contributed by atoms with Gasteiger partial charge in [0.05, 0.1) is 6.04 Å². The number of benzene rings is 2. The molecular weight excluding hydrogens is 382 g/mol. The zero-order valence-corrected chi connectivity index (χ0v) is 16.1. The molecule has 0 aromatic heterocycles. The largest absolute Gasteiger partial charge is 0.485 e. The zero-order valence-electron chi connectivity index (χ0n) is 14.5. The summed E-state index contributed by atoms with van der Waals surface area (Å²) in [7, 11) is 0. The summed E-state index contributed by atoms with van der Waals surface area (Å²) >= 11 is 3.38. The van der Waals surface area contributed by atoms with Gasteiger partial charge in [-0.1, -0.05) is 35.0 Å². The molecule has 0 spiro atoms. The number of aliphatic hydroxyl groups excluding tert-OH is 1. The van der Waals surface area contributed by atoms with Gasteiger partial charge in [0.1, 0.15) is 17.5 Å². The Hall–Kier alpha value is -1.85. The normalized spacial score (nSPS) is 21.2. The highest BCUT2D eigenvalue weighted by molar-refractivity contribution is 9.10. The molecule has 132 valence electrons. The van der Waals surface area contributed by atoms with E-state index < -0.39 is 17.7 Å². The Morgan fingerprint density at radius 1 is 1.28 bits per heavy atom. The maximum Gasteiger partial charge on any atom is 0.251 e. The van der Waals surface area contributed by atoms with Crippen LogP contribution in [0.1, 0.15) is 48.3 Å². The number of nitrogens with one attached hydrogen (secondary N) is 1. The van der Waals surface area contributed by atoms with E-state index in [1.807, 2.05) is 44.2 Å². The molecule has 2 atom stereocenters. The van der Waals surface area contributed by atoms with Crippen LogP contribution in [0.25, 0.3) is 0 Å². The summed E-state index contributed by atoms with van der Waals surface area (Å²) in [6.45, 7) is 5.72. The first-order chi connectivity index (χ1) is 11.8. The first kappa shape index (κ1) is 18.0. The van der Waals surface area contributed by atoms with Gasteiger partial charge in [0.15, 0.2) is 0 Å². The van der Waals surface area contributed by atoms with Crippen LogP contribution in [0.2, 0.25) is 0 Å². The molecule has 0 aliphatic carbocycles. The fraction of sp³-hybridized carbons (Fsp3) is 0.350. The van der Waals surface area contributed by atoms with E-state index in [1.165, 1.54) is 0 Å². The SMILES string of the molecule is CCc1ccc2c(c1)[C@@H](NC(=O)c1cccc(Br)c1)[C@H](O)C(C)(C)O2. The molecular formula is C20H22BrNO3. The van der Waals surface area contributed by atoms with Crippen molar-refractivity contribution in [2.45, 2.75) is 44.9 Å². The van der Waals surface area contributed by atoms with Crippen LogP contribution < -0.4 is 10.1 Å². The second-order valence-corrected chi connectivity index (χ2v) is 7.75. The zero-order chi connectivity index (χ0) is 18.2. The number of amides is 1. The highest BCUT2D eigenvalue weighted by Crippen LogP contribution is 2.40. The molecule has 0 fully saturated rings. The molecule has 0 saturated carbocycles. The fourth-order valence-corrected chi connectivity index (χ4v) is 3.48. The monoisotopic (exact) mass is 403 g/mol. The van der Waals surface area contributed by atoms with E-state index in [9.17, 15) is 9.90 Å². The van der Waals surface area contributed by atoms with E-state index in [0.717, 1.165) is 22.0 Å². The smallest absolute Gasteiger partial charge is 0.251 e. The van der Waals surface area contributed by atoms with Gasteiger partial charge < -0.3 is 15.2 Å². The van der Waals surface area contributed by atoms with Crippen LogP contribution in [0, 0.1) is 0 Å². The molecule has 1 heterocycles. The fourth-order valence-electron chi connectivity index (χ4n) is 3.08. The van der Waals surface area contributed by atoms with Crippen LogP contribution in [-0.2, 0) is 6.42 Å². The standard InChI is InChI=1S/C20H22BrNO3/c1-4-12-8-9-16-15(10-12)17(18(23)20(2,3)25-16)22-19(24)13-6-5-7-14(21)11-13/h5-11,17-18,23H,4H2,1-3H3,(H,22,24)/t17-,18+/m1/s1. The molecule has 4 nitrogen and oxygen atoms in total. The van der Waals surface area contributed by atoms with Crippen molar-refractivity contribution in [1.29, 1.82) is 0 Å². The quantitative estimate of drug-likeness (QED) is 0.813. The lowest BCUT2D eigenvalue weighted by Crippen LogP contribution is -2.53. The molecule has 5 heteroatoms. The van der Waals surface area contributed by atoms with Crippen molar-refractivity contribution >= 4 is 21.8 Å². The number of hydrogen-bond acceptors (Lipinski definition) is 3. The van der Waals surface area contributed by atoms with Crippen LogP contribution in [-0.4, -0.2) is 22.7 Å². The molecule has 0 saturated heterocycles. The predicted molar refractivity (Wildman–Crippen MR) is 101 cm³/mol. The van der Waals surface area contributed by atoms with E-state index in [0.29, 0.717) is 11.3 Å². The molecule has 0 unspecified atom stereocenters. The highest BCUT2D eigenvalue weighted by Gasteiger charge is 2.43. The molecule has 1 aliphatic heterocycles. The van der Waals surface area contributed by atoms with Gasteiger partial charge in [-0.25, -0.2) is 0 Å². The van der Waals surface area contributed by atoms with E-state index >= 15 is 0 Å². The minimum absolute atomic E-state index is 0.226. The Balaban J connectivity index is 1.97. The minimum Gasteiger partial charge on any atom is -0.485 e. The average molecular weight is 404 g/mol. The van der Waals surface area contributed by atoms with E-state index in [2.05, 4.69) is 28.2 Å². The maximum absolute atomic E-state index is 12.7. The van der Waals surface area contributed by atoms with Gasteiger partial charge in [-0.2, -0.15) is 0 Å². The Morgan fingerprint density at radius 3 is 2.72 bits per heavy atom. The summed E-state index contributed by atoms with van der Waals surface area (Å²) in [5.41, 5.74) is 1.69. The number of aryl methyl sites for hydroxylation is 1. The second-order valence-electron chi connectivity index (χ2n) is 6.84. The summed E-state index contributed by atoms with van der Waals surface area (Å²) in [4.78, 5) is 12.7. The van der Waals surface area contributed by atoms with E-state index in [4.69, 9.17) is 4.74 Å². The Bertz CT molecular complexity index is 803. The number of fused-ring (bicyclic) bond motifs is 1. The molecule has 0 radical (unpaired) electrons. The molecule has 25 heavy (non-hydrogen) atoms. The highest BCUT2D eigenvalue weighted by atomic mass is 79.9. The molecule has 3 rings (SSSR count). The number of hydrogen-bond donors (Lipinski definition) is 2. The number of rotatable bonds is 3. The van der Waals surface area contributed by atoms with Crippen molar-refractivity contribution in [3.63, 3.8) is 0 Å². The van der Waals surface area contributed by atoms with E-state index in [-0.39, 0.29) is 5.91 Å². The number of carbonyl (C=O) groups excluding carboxylic acids is 1. The third-order valence-corrected chi connectivity index (χ3v) is 5.09. The van der Waals surface area contributed by atoms with Crippen molar-refractivity contribution in [1.82, 2.24) is 5.32 Å². The van der Waals surface area contributed by atoms with Crippen LogP contribution in [0.15, 0.2) is 46.9 Å². The number of ether oxygens (including phenoxy) is 1. The second kappa shape index (κ2) is 6.81. The molecule has 1 aliphatic rings. The first-order valence-corrected chi connectivity index (χ1v) is 9.17. The molecule has 1 amide bonds. The van der Waals surface area contributed by atoms with Crippen molar-refractivity contribution < 1.29 is 14.6 Å². The summed E-state index contributed by atoms with van der Waals surface area (Å²) in [5, 5.41) is 13.8. The predicted octanol–water partition coefficient (Wildman–Crippen LogP) is 4.01. The summed E-state index contributed by atoms with van der Waals surface area (Å²) in [6.07, 6.45) is 0.0159. The minimum atomic E-state index is -0.858. The van der Waals surface area contributed by atoms with Gasteiger partial charge in [-0.15, -0.1) is 0 Å². The van der Waals surface area contributed by atoms with E-state index in [1.54, 1.807) is 12.1 Å². The molecule has 2 aromatic carbocycles. The third kappa shape index (κ3) is 3.58. The van der Waals surface area contributed by atoms with Crippen molar-refractivity contribution in [2.75, 3.05) is 0 Å². The third-order valence-electron chi connectivity index (χ3n) is 4.59. The van der Waals surface area contributed by atoms with Crippen molar-refractivity contribution in [2.24, 2.45) is 0 Å². The van der Waals surface area contributed by atoms with Gasteiger partial charge in [0.25, 0.3) is 5.91 Å². The van der Waals surface area contributed by atoms with Crippen LogP contribution in [0.4, 0.5) is 0 Å². The Morgan fingerprint density at radius 2 is 2.04 bits per heavy atom. The number of aliphatic hydroxyl groups is 1. The summed E-state index contributed by atoms with van der Waals surface area (Å²) in [6, 6.07) is 12.6. The maximum atomic E-state index is 12.7. The number of carbonyl (C=O) groups is 1. The number of halogens is 1. The lowest BCUT2D eigenvalue weighted by molar-refractivity contribution is -0.0628. The van der Waals surface area contributed by atoms with Gasteiger partial charge in [-0.05, 0) is 56.2 Å². The Kier molecular flexibility index (Phi) is 4.89. The van der Waals surface area contributed by atoms with Crippen LogP contribution in [0.3, 0.4) is 0 Å². The lowest BCUT2D eigenvalue weighted by Gasteiger charge is -2.42. The van der Waals surface area contributed by atoms with Crippen molar-refractivity contribution in [3.05, 3.63) is 63.6 Å².